The zero-order chi connectivity index (χ0) is 16.7. The SMILES string of the molecule is O=C1CN(C(=O)c2cc(-c3ccc(Br)cc3)n[nH]2)CN1CC1CC1. The maximum atomic E-state index is 12.6. The number of rotatable bonds is 4. The molecule has 24 heavy (non-hydrogen) atoms. The van der Waals surface area contributed by atoms with Crippen LogP contribution >= 0.6 is 15.9 Å². The van der Waals surface area contributed by atoms with Gasteiger partial charge in [-0.2, -0.15) is 5.10 Å². The Bertz CT molecular complexity index is 782. The summed E-state index contributed by atoms with van der Waals surface area (Å²) in [5.41, 5.74) is 2.06. The second-order valence-corrected chi connectivity index (χ2v) is 7.29. The number of aromatic amines is 1. The zero-order valence-corrected chi connectivity index (χ0v) is 14.6. The van der Waals surface area contributed by atoms with Gasteiger partial charge >= 0.3 is 0 Å². The summed E-state index contributed by atoms with van der Waals surface area (Å²) < 4.78 is 0.990. The first-order valence-electron chi connectivity index (χ1n) is 7.98. The van der Waals surface area contributed by atoms with E-state index in [9.17, 15) is 9.59 Å². The van der Waals surface area contributed by atoms with Crippen LogP contribution in [0.15, 0.2) is 34.8 Å². The van der Waals surface area contributed by atoms with Crippen LogP contribution < -0.4 is 0 Å². The quantitative estimate of drug-likeness (QED) is 0.874. The summed E-state index contributed by atoms with van der Waals surface area (Å²) >= 11 is 3.40. The molecule has 0 bridgehead atoms. The molecule has 2 fully saturated rings. The lowest BCUT2D eigenvalue weighted by Gasteiger charge is -2.17. The van der Waals surface area contributed by atoms with Gasteiger partial charge in [-0.3, -0.25) is 14.7 Å². The number of carbonyl (C=O) groups excluding carboxylic acids is 2. The van der Waals surface area contributed by atoms with Gasteiger partial charge in [0.1, 0.15) is 12.2 Å². The number of aromatic nitrogens is 2. The number of amides is 2. The monoisotopic (exact) mass is 388 g/mol. The Labute approximate surface area is 148 Å². The van der Waals surface area contributed by atoms with E-state index in [0.717, 1.165) is 16.6 Å². The number of hydrogen-bond donors (Lipinski definition) is 1. The van der Waals surface area contributed by atoms with Crippen LogP contribution in [0.1, 0.15) is 23.3 Å². The highest BCUT2D eigenvalue weighted by Crippen LogP contribution is 2.30. The molecule has 2 aliphatic rings. The lowest BCUT2D eigenvalue weighted by atomic mass is 10.1. The van der Waals surface area contributed by atoms with Gasteiger partial charge in [0.15, 0.2) is 0 Å². The third kappa shape index (κ3) is 3.08. The predicted molar refractivity (Wildman–Crippen MR) is 92.1 cm³/mol. The molecule has 2 heterocycles. The number of halogens is 1. The molecule has 1 N–H and O–H groups in total. The van der Waals surface area contributed by atoms with Crippen molar-refractivity contribution >= 4 is 27.7 Å². The maximum Gasteiger partial charge on any atom is 0.273 e. The number of benzene rings is 1. The zero-order valence-electron chi connectivity index (χ0n) is 13.0. The molecule has 7 heteroatoms. The number of carbonyl (C=O) groups is 2. The van der Waals surface area contributed by atoms with Crippen molar-refractivity contribution in [3.8, 4) is 11.3 Å². The lowest BCUT2D eigenvalue weighted by Crippen LogP contribution is -2.32. The van der Waals surface area contributed by atoms with Gasteiger partial charge in [0.05, 0.1) is 12.4 Å². The minimum Gasteiger partial charge on any atom is -0.323 e. The van der Waals surface area contributed by atoms with Crippen molar-refractivity contribution in [2.24, 2.45) is 5.92 Å². The van der Waals surface area contributed by atoms with E-state index < -0.39 is 0 Å². The molecule has 1 aromatic heterocycles. The standard InChI is InChI=1S/C17H17BrN4O2/c18-13-5-3-12(4-6-13)14-7-15(20-19-14)17(24)22-9-16(23)21(10-22)8-11-1-2-11/h3-7,11H,1-2,8-10H2,(H,19,20). The molecule has 6 nitrogen and oxygen atoms in total. The third-order valence-electron chi connectivity index (χ3n) is 4.43. The number of hydrogen-bond acceptors (Lipinski definition) is 3. The molecule has 0 radical (unpaired) electrons. The molecule has 1 aromatic carbocycles. The Morgan fingerprint density at radius 2 is 2.04 bits per heavy atom. The summed E-state index contributed by atoms with van der Waals surface area (Å²) in [6.07, 6.45) is 2.38. The smallest absolute Gasteiger partial charge is 0.273 e. The normalized spacial score (nSPS) is 17.6. The predicted octanol–water partition coefficient (Wildman–Crippen LogP) is 2.49. The average Bonchev–Trinajstić information content (AvgIpc) is 3.12. The Morgan fingerprint density at radius 1 is 1.29 bits per heavy atom. The van der Waals surface area contributed by atoms with Crippen LogP contribution in [0.25, 0.3) is 11.3 Å². The Hall–Kier alpha value is -2.15. The van der Waals surface area contributed by atoms with Crippen molar-refractivity contribution in [3.63, 3.8) is 0 Å². The van der Waals surface area contributed by atoms with Gasteiger partial charge in [0.25, 0.3) is 5.91 Å². The minimum atomic E-state index is -0.183. The van der Waals surface area contributed by atoms with Gasteiger partial charge in [-0.25, -0.2) is 0 Å². The summed E-state index contributed by atoms with van der Waals surface area (Å²) in [5.74, 6) is 0.473. The number of nitrogens with zero attached hydrogens (tertiary/aromatic N) is 3. The summed E-state index contributed by atoms with van der Waals surface area (Å²) in [6, 6.07) is 9.47. The molecule has 1 aliphatic heterocycles. The maximum absolute atomic E-state index is 12.6. The second-order valence-electron chi connectivity index (χ2n) is 6.38. The fraction of sp³-hybridized carbons (Fsp3) is 0.353. The van der Waals surface area contributed by atoms with Gasteiger partial charge in [-0.05, 0) is 37.0 Å². The third-order valence-corrected chi connectivity index (χ3v) is 4.96. The summed E-state index contributed by atoms with van der Waals surface area (Å²) in [7, 11) is 0. The van der Waals surface area contributed by atoms with Crippen LogP contribution in [0.2, 0.25) is 0 Å². The molecule has 1 saturated carbocycles. The summed E-state index contributed by atoms with van der Waals surface area (Å²) in [4.78, 5) is 28.0. The molecule has 2 aromatic rings. The van der Waals surface area contributed by atoms with E-state index in [1.165, 1.54) is 12.8 Å². The average molecular weight is 389 g/mol. The highest BCUT2D eigenvalue weighted by Gasteiger charge is 2.35. The Kier molecular flexibility index (Phi) is 3.88. The van der Waals surface area contributed by atoms with E-state index in [2.05, 4.69) is 26.1 Å². The Morgan fingerprint density at radius 3 is 2.75 bits per heavy atom. The van der Waals surface area contributed by atoms with Crippen LogP contribution in [0, 0.1) is 5.92 Å². The van der Waals surface area contributed by atoms with Crippen LogP contribution in [-0.4, -0.2) is 51.6 Å². The summed E-state index contributed by atoms with van der Waals surface area (Å²) in [6.45, 7) is 1.30. The molecule has 124 valence electrons. The van der Waals surface area contributed by atoms with Crippen molar-refractivity contribution in [1.29, 1.82) is 0 Å². The van der Waals surface area contributed by atoms with Gasteiger partial charge in [-0.15, -0.1) is 0 Å². The highest BCUT2D eigenvalue weighted by molar-refractivity contribution is 9.10. The molecule has 2 amide bonds. The molecule has 4 rings (SSSR count). The van der Waals surface area contributed by atoms with Crippen molar-refractivity contribution in [2.45, 2.75) is 12.8 Å². The van der Waals surface area contributed by atoms with Crippen LogP contribution in [0.3, 0.4) is 0 Å². The van der Waals surface area contributed by atoms with E-state index in [1.54, 1.807) is 15.9 Å². The molecule has 1 saturated heterocycles. The second kappa shape index (κ2) is 6.05. The van der Waals surface area contributed by atoms with Crippen LogP contribution in [-0.2, 0) is 4.79 Å². The van der Waals surface area contributed by atoms with Gasteiger partial charge in [0.2, 0.25) is 5.91 Å². The topological polar surface area (TPSA) is 69.3 Å². The van der Waals surface area contributed by atoms with E-state index in [-0.39, 0.29) is 18.4 Å². The largest absolute Gasteiger partial charge is 0.323 e. The van der Waals surface area contributed by atoms with E-state index in [1.807, 2.05) is 24.3 Å². The molecule has 0 atom stereocenters. The number of H-pyrrole nitrogens is 1. The van der Waals surface area contributed by atoms with E-state index >= 15 is 0 Å². The molecule has 1 aliphatic carbocycles. The fourth-order valence-corrected chi connectivity index (χ4v) is 3.14. The fourth-order valence-electron chi connectivity index (χ4n) is 2.88. The molecular formula is C17H17BrN4O2. The first kappa shape index (κ1) is 15.4. The van der Waals surface area contributed by atoms with Crippen LogP contribution in [0.4, 0.5) is 0 Å². The first-order chi connectivity index (χ1) is 11.6. The van der Waals surface area contributed by atoms with E-state index in [4.69, 9.17) is 0 Å². The lowest BCUT2D eigenvalue weighted by molar-refractivity contribution is -0.126. The van der Waals surface area contributed by atoms with Crippen molar-refractivity contribution in [1.82, 2.24) is 20.0 Å². The minimum absolute atomic E-state index is 0.0305. The highest BCUT2D eigenvalue weighted by atomic mass is 79.9. The first-order valence-corrected chi connectivity index (χ1v) is 8.78. The Balaban J connectivity index is 1.47. The summed E-state index contributed by atoms with van der Waals surface area (Å²) in [5, 5.41) is 7.01. The van der Waals surface area contributed by atoms with E-state index in [0.29, 0.717) is 24.0 Å². The van der Waals surface area contributed by atoms with Crippen molar-refractivity contribution < 1.29 is 9.59 Å². The van der Waals surface area contributed by atoms with Gasteiger partial charge < -0.3 is 9.80 Å². The van der Waals surface area contributed by atoms with Crippen molar-refractivity contribution in [2.75, 3.05) is 19.8 Å². The van der Waals surface area contributed by atoms with Crippen molar-refractivity contribution in [3.05, 3.63) is 40.5 Å². The van der Waals surface area contributed by atoms with Gasteiger partial charge in [-0.1, -0.05) is 28.1 Å². The van der Waals surface area contributed by atoms with Gasteiger partial charge in [0, 0.05) is 16.6 Å². The number of nitrogens with one attached hydrogen (secondary N) is 1. The van der Waals surface area contributed by atoms with Crippen LogP contribution in [0.5, 0.6) is 0 Å². The molecule has 0 unspecified atom stereocenters. The molecular weight excluding hydrogens is 372 g/mol. The molecule has 0 spiro atoms.